The Hall–Kier alpha value is -1.38. The molecule has 0 amide bonds. The lowest BCUT2D eigenvalue weighted by Gasteiger charge is -2.17. The zero-order valence-electron chi connectivity index (χ0n) is 13.9. The Morgan fingerprint density at radius 2 is 2.20 bits per heavy atom. The number of halogens is 2. The van der Waals surface area contributed by atoms with Gasteiger partial charge in [0.1, 0.15) is 11.6 Å². The molecule has 0 aliphatic rings. The normalized spacial score (nSPS) is 12.3. The number of carbonyl (C=O) groups is 1. The van der Waals surface area contributed by atoms with Crippen molar-refractivity contribution in [2.24, 2.45) is 0 Å². The second kappa shape index (κ2) is 10.6. The van der Waals surface area contributed by atoms with Gasteiger partial charge in [-0.15, -0.1) is 0 Å². The molecule has 1 aromatic carbocycles. The average Bonchev–Trinajstić information content (AvgIpc) is 3.07. The molecule has 25 heavy (non-hydrogen) atoms. The lowest BCUT2D eigenvalue weighted by molar-refractivity contribution is 0.273. The van der Waals surface area contributed by atoms with Crippen molar-refractivity contribution in [3.05, 3.63) is 54.1 Å². The highest BCUT2D eigenvalue weighted by Gasteiger charge is 2.22. The van der Waals surface area contributed by atoms with E-state index in [-0.39, 0.29) is 10.0 Å². The van der Waals surface area contributed by atoms with E-state index in [4.69, 9.17) is 4.18 Å². The molecular weight excluding hydrogens is 366 g/mol. The fourth-order valence-corrected chi connectivity index (χ4v) is 3.93. The van der Waals surface area contributed by atoms with E-state index in [0.717, 1.165) is 49.1 Å². The van der Waals surface area contributed by atoms with Gasteiger partial charge in [0.05, 0.1) is 30.2 Å². The van der Waals surface area contributed by atoms with E-state index in [1.807, 2.05) is 0 Å². The Morgan fingerprint density at radius 3 is 2.88 bits per heavy atom. The smallest absolute Gasteiger partial charge is 0.273 e. The van der Waals surface area contributed by atoms with Crippen LogP contribution in [-0.4, -0.2) is 20.6 Å². The first-order chi connectivity index (χ1) is 12.1. The van der Waals surface area contributed by atoms with Crippen LogP contribution < -0.4 is 0 Å². The molecule has 8 heteroatoms. The monoisotopic (exact) mass is 386 g/mol. The van der Waals surface area contributed by atoms with E-state index in [1.54, 1.807) is 23.3 Å². The maximum absolute atomic E-state index is 14.1. The molecule has 4 nitrogen and oxygen atoms in total. The van der Waals surface area contributed by atoms with Gasteiger partial charge in [-0.1, -0.05) is 37.6 Å². The first-order valence-corrected chi connectivity index (χ1v) is 9.63. The second-order valence-corrected chi connectivity index (χ2v) is 7.60. The van der Waals surface area contributed by atoms with Crippen LogP contribution in [0.3, 0.4) is 0 Å². The fourth-order valence-electron chi connectivity index (χ4n) is 2.18. The molecule has 0 bridgehead atoms. The average molecular weight is 386 g/mol. The number of hydrogen-bond acceptors (Lipinski definition) is 5. The Labute approximate surface area is 154 Å². The molecule has 0 radical (unpaired) electrons. The molecule has 0 spiro atoms. The number of benzene rings is 1. The number of carbonyl (C=O) groups excluding carboxylic acids is 1. The van der Waals surface area contributed by atoms with Gasteiger partial charge < -0.3 is 8.75 Å². The van der Waals surface area contributed by atoms with Crippen molar-refractivity contribution in [2.75, 3.05) is 6.61 Å². The maximum atomic E-state index is 14.1. The van der Waals surface area contributed by atoms with Gasteiger partial charge in [-0.3, -0.25) is 4.79 Å². The van der Waals surface area contributed by atoms with Crippen LogP contribution in [0.2, 0.25) is 0 Å². The molecule has 2 rings (SSSR count). The minimum absolute atomic E-state index is 0.259. The molecule has 0 aliphatic heterocycles. The quantitative estimate of drug-likeness (QED) is 0.414. The van der Waals surface area contributed by atoms with Crippen molar-refractivity contribution in [3.8, 4) is 0 Å². The molecule has 0 saturated carbocycles. The van der Waals surface area contributed by atoms with Crippen molar-refractivity contribution in [2.45, 2.75) is 38.0 Å². The SMILES string of the molecule is CCCCCOSC(=O)SC(Cn1ccnc1)c1ccc(F)cc1F. The fraction of sp³-hybridized carbons (Fsp3) is 0.412. The third kappa shape index (κ3) is 6.80. The van der Waals surface area contributed by atoms with Crippen LogP contribution in [0.1, 0.15) is 37.0 Å². The number of aromatic nitrogens is 2. The predicted octanol–water partition coefficient (Wildman–Crippen LogP) is 5.61. The molecule has 1 unspecified atom stereocenters. The third-order valence-corrected chi connectivity index (χ3v) is 5.24. The van der Waals surface area contributed by atoms with E-state index in [1.165, 1.54) is 12.1 Å². The summed E-state index contributed by atoms with van der Waals surface area (Å²) in [6.45, 7) is 2.93. The largest absolute Gasteiger partial charge is 0.336 e. The van der Waals surface area contributed by atoms with Gasteiger partial charge in [-0.25, -0.2) is 13.8 Å². The standard InChI is InChI=1S/C17H20F2N2O2S2/c1-2-3-4-9-23-25-17(22)24-16(11-21-8-7-20-12-21)14-6-5-13(18)10-15(14)19/h5-8,10,12,16H,2-4,9,11H2,1H3. The number of thioether (sulfide) groups is 1. The Bertz CT molecular complexity index is 669. The summed E-state index contributed by atoms with van der Waals surface area (Å²) in [7, 11) is 0. The summed E-state index contributed by atoms with van der Waals surface area (Å²) in [6.07, 6.45) is 7.95. The Balaban J connectivity index is 2.00. The van der Waals surface area contributed by atoms with Crippen LogP contribution >= 0.6 is 23.8 Å². The highest BCUT2D eigenvalue weighted by atomic mass is 32.2. The molecule has 1 atom stereocenters. The Morgan fingerprint density at radius 1 is 1.36 bits per heavy atom. The topological polar surface area (TPSA) is 44.1 Å². The highest BCUT2D eigenvalue weighted by Crippen LogP contribution is 2.36. The second-order valence-electron chi connectivity index (χ2n) is 5.39. The van der Waals surface area contributed by atoms with Crippen molar-refractivity contribution in [1.82, 2.24) is 9.55 Å². The van der Waals surface area contributed by atoms with Crippen LogP contribution in [0.5, 0.6) is 0 Å². The van der Waals surface area contributed by atoms with Gasteiger partial charge in [0.25, 0.3) is 4.45 Å². The zero-order chi connectivity index (χ0) is 18.1. The number of unbranched alkanes of at least 4 members (excludes halogenated alkanes) is 2. The van der Waals surface area contributed by atoms with Crippen LogP contribution in [-0.2, 0) is 10.7 Å². The molecule has 0 aliphatic carbocycles. The van der Waals surface area contributed by atoms with Gasteiger partial charge >= 0.3 is 0 Å². The zero-order valence-corrected chi connectivity index (χ0v) is 15.5. The first-order valence-electron chi connectivity index (χ1n) is 8.01. The van der Waals surface area contributed by atoms with Crippen LogP contribution in [0.4, 0.5) is 13.6 Å². The lowest BCUT2D eigenvalue weighted by Crippen LogP contribution is -2.08. The molecule has 1 aromatic heterocycles. The first kappa shape index (κ1) is 19.9. The molecular formula is C17H20F2N2O2S2. The van der Waals surface area contributed by atoms with E-state index >= 15 is 0 Å². The number of nitrogens with zero attached hydrogens (tertiary/aromatic N) is 2. The summed E-state index contributed by atoms with van der Waals surface area (Å²) < 4.78 is 34.1. The highest BCUT2D eigenvalue weighted by molar-refractivity contribution is 8.36. The molecule has 0 N–H and O–H groups in total. The number of imidazole rings is 1. The summed E-state index contributed by atoms with van der Waals surface area (Å²) in [6, 6.07) is 3.40. The van der Waals surface area contributed by atoms with Gasteiger partial charge in [0.15, 0.2) is 0 Å². The molecule has 0 fully saturated rings. The van der Waals surface area contributed by atoms with E-state index in [9.17, 15) is 13.6 Å². The Kier molecular flexibility index (Phi) is 8.43. The van der Waals surface area contributed by atoms with Crippen LogP contribution in [0, 0.1) is 11.6 Å². The van der Waals surface area contributed by atoms with Crippen molar-refractivity contribution in [3.63, 3.8) is 0 Å². The van der Waals surface area contributed by atoms with E-state index in [2.05, 4.69) is 11.9 Å². The van der Waals surface area contributed by atoms with Gasteiger partial charge in [0, 0.05) is 30.6 Å². The maximum Gasteiger partial charge on any atom is 0.273 e. The summed E-state index contributed by atoms with van der Waals surface area (Å²) in [5, 5.41) is -0.506. The van der Waals surface area contributed by atoms with Gasteiger partial charge in [-0.05, 0) is 12.5 Å². The third-order valence-electron chi connectivity index (χ3n) is 3.44. The molecule has 2 aromatic rings. The van der Waals surface area contributed by atoms with Crippen molar-refractivity contribution < 1.29 is 17.8 Å². The summed E-state index contributed by atoms with van der Waals surface area (Å²) in [5.74, 6) is -1.31. The van der Waals surface area contributed by atoms with Gasteiger partial charge in [0.2, 0.25) is 0 Å². The van der Waals surface area contributed by atoms with Crippen LogP contribution in [0.15, 0.2) is 36.9 Å². The summed E-state index contributed by atoms with van der Waals surface area (Å²) >= 11 is 1.74. The van der Waals surface area contributed by atoms with Crippen molar-refractivity contribution in [1.29, 1.82) is 0 Å². The summed E-state index contributed by atoms with van der Waals surface area (Å²) in [5.41, 5.74) is 0.278. The molecule has 0 saturated heterocycles. The van der Waals surface area contributed by atoms with E-state index < -0.39 is 16.9 Å². The van der Waals surface area contributed by atoms with Gasteiger partial charge in [-0.2, -0.15) is 0 Å². The van der Waals surface area contributed by atoms with E-state index in [0.29, 0.717) is 13.2 Å². The minimum atomic E-state index is -0.667. The predicted molar refractivity (Wildman–Crippen MR) is 97.4 cm³/mol. The summed E-state index contributed by atoms with van der Waals surface area (Å²) in [4.78, 5) is 16.1. The number of hydrogen-bond donors (Lipinski definition) is 0. The molecule has 136 valence electrons. The molecule has 1 heterocycles. The van der Waals surface area contributed by atoms with Crippen molar-refractivity contribution >= 4 is 28.3 Å². The lowest BCUT2D eigenvalue weighted by atomic mass is 10.1. The van der Waals surface area contributed by atoms with Crippen LogP contribution in [0.25, 0.3) is 0 Å². The minimum Gasteiger partial charge on any atom is -0.336 e. The number of rotatable bonds is 9.